The van der Waals surface area contributed by atoms with Crippen molar-refractivity contribution >= 4 is 28.6 Å². The third-order valence-corrected chi connectivity index (χ3v) is 4.12. The number of amides is 1. The van der Waals surface area contributed by atoms with Crippen molar-refractivity contribution in [2.75, 3.05) is 13.1 Å². The molecule has 0 saturated carbocycles. The summed E-state index contributed by atoms with van der Waals surface area (Å²) >= 11 is 3.07. The van der Waals surface area contributed by atoms with Crippen molar-refractivity contribution in [1.82, 2.24) is 5.32 Å². The molecule has 0 aliphatic carbocycles. The molecule has 0 aromatic carbocycles. The molecule has 0 spiro atoms. The number of hydrogen-bond acceptors (Lipinski definition) is 4. The van der Waals surface area contributed by atoms with E-state index in [1.165, 1.54) is 16.9 Å². The first-order valence-corrected chi connectivity index (χ1v) is 7.69. The normalized spacial score (nSPS) is 9.74. The molecule has 0 aliphatic heterocycles. The summed E-state index contributed by atoms with van der Waals surface area (Å²) in [7, 11) is 0. The molecular weight excluding hydrogens is 276 g/mol. The fraction of sp³-hybridized carbons (Fsp3) is 0.214. The lowest BCUT2D eigenvalue weighted by atomic mass is 10.2. The van der Waals surface area contributed by atoms with Crippen molar-refractivity contribution in [3.8, 4) is 11.8 Å². The van der Waals surface area contributed by atoms with Crippen LogP contribution in [0.5, 0.6) is 0 Å². The molecule has 2 aromatic rings. The lowest BCUT2D eigenvalue weighted by molar-refractivity contribution is 0.0958. The molecule has 3 N–H and O–H groups in total. The summed E-state index contributed by atoms with van der Waals surface area (Å²) in [5.74, 6) is 5.62. The van der Waals surface area contributed by atoms with E-state index in [0.29, 0.717) is 18.0 Å². The van der Waals surface area contributed by atoms with E-state index >= 15 is 0 Å². The number of nitrogens with one attached hydrogen (secondary N) is 1. The Kier molecular flexibility index (Phi) is 5.16. The Morgan fingerprint density at radius 1 is 1.37 bits per heavy atom. The maximum Gasteiger partial charge on any atom is 0.262 e. The molecule has 0 unspecified atom stereocenters. The van der Waals surface area contributed by atoms with Crippen molar-refractivity contribution in [1.29, 1.82) is 0 Å². The fourth-order valence-corrected chi connectivity index (χ4v) is 3.03. The minimum absolute atomic E-state index is 0.0634. The number of hydrogen-bond donors (Lipinski definition) is 2. The summed E-state index contributed by atoms with van der Waals surface area (Å²) in [4.78, 5) is 12.7. The monoisotopic (exact) mass is 290 g/mol. The van der Waals surface area contributed by atoms with Crippen LogP contribution in [-0.4, -0.2) is 19.0 Å². The van der Waals surface area contributed by atoms with Crippen molar-refractivity contribution in [3.05, 3.63) is 44.3 Å². The van der Waals surface area contributed by atoms with Crippen molar-refractivity contribution in [3.63, 3.8) is 0 Å². The first-order chi connectivity index (χ1) is 9.31. The zero-order valence-electron chi connectivity index (χ0n) is 10.3. The van der Waals surface area contributed by atoms with E-state index in [9.17, 15) is 4.79 Å². The molecule has 0 atom stereocenters. The highest BCUT2D eigenvalue weighted by atomic mass is 32.1. The number of nitrogens with two attached hydrogens (primary N) is 1. The summed E-state index contributed by atoms with van der Waals surface area (Å²) in [5, 5.41) is 8.92. The Hall–Kier alpha value is -1.61. The van der Waals surface area contributed by atoms with Crippen LogP contribution in [0, 0.1) is 11.8 Å². The van der Waals surface area contributed by atoms with Crippen LogP contribution in [0.3, 0.4) is 0 Å². The number of thiophene rings is 2. The molecular formula is C14H14N2OS2. The second-order valence-electron chi connectivity index (χ2n) is 3.81. The quantitative estimate of drug-likeness (QED) is 0.847. The van der Waals surface area contributed by atoms with Gasteiger partial charge in [0.15, 0.2) is 0 Å². The second kappa shape index (κ2) is 7.10. The smallest absolute Gasteiger partial charge is 0.262 e. The van der Waals surface area contributed by atoms with Crippen LogP contribution >= 0.6 is 22.7 Å². The molecule has 0 aliphatic rings. The van der Waals surface area contributed by atoms with Gasteiger partial charge in [-0.15, -0.1) is 11.3 Å². The van der Waals surface area contributed by atoms with Crippen molar-refractivity contribution in [2.45, 2.75) is 6.42 Å². The predicted molar refractivity (Wildman–Crippen MR) is 80.6 cm³/mol. The Morgan fingerprint density at radius 3 is 3.00 bits per heavy atom. The van der Waals surface area contributed by atoms with Crippen LogP contribution in [0.2, 0.25) is 0 Å². The highest BCUT2D eigenvalue weighted by molar-refractivity contribution is 7.12. The number of rotatable bonds is 4. The van der Waals surface area contributed by atoms with Gasteiger partial charge in [-0.1, -0.05) is 11.8 Å². The average Bonchev–Trinajstić information content (AvgIpc) is 3.07. The minimum atomic E-state index is -0.0634. The van der Waals surface area contributed by atoms with Crippen LogP contribution in [0.4, 0.5) is 0 Å². The van der Waals surface area contributed by atoms with E-state index in [1.807, 2.05) is 16.8 Å². The van der Waals surface area contributed by atoms with E-state index in [4.69, 9.17) is 5.73 Å². The summed E-state index contributed by atoms with van der Waals surface area (Å²) in [6.07, 6.45) is 0.852. The Labute approximate surface area is 120 Å². The molecule has 98 valence electrons. The topological polar surface area (TPSA) is 55.1 Å². The second-order valence-corrected chi connectivity index (χ2v) is 5.50. The SMILES string of the molecule is NCC#Cc1ccsc1C(=O)NCCc1ccsc1. The Balaban J connectivity index is 1.91. The molecule has 0 bridgehead atoms. The summed E-state index contributed by atoms with van der Waals surface area (Å²) in [6, 6.07) is 3.92. The molecule has 5 heteroatoms. The standard InChI is InChI=1S/C14H14N2OS2/c15-6-1-2-12-5-9-19-13(12)14(17)16-7-3-11-4-8-18-10-11/h4-5,8-10H,3,6-7,15H2,(H,16,17). The van der Waals surface area contributed by atoms with Gasteiger partial charge in [0, 0.05) is 12.1 Å². The number of carbonyl (C=O) groups is 1. The molecule has 19 heavy (non-hydrogen) atoms. The molecule has 0 radical (unpaired) electrons. The van der Waals surface area contributed by atoms with E-state index < -0.39 is 0 Å². The van der Waals surface area contributed by atoms with E-state index in [2.05, 4.69) is 28.6 Å². The highest BCUT2D eigenvalue weighted by Gasteiger charge is 2.11. The van der Waals surface area contributed by atoms with Crippen LogP contribution in [0.1, 0.15) is 20.8 Å². The molecule has 2 heterocycles. The molecule has 2 aromatic heterocycles. The van der Waals surface area contributed by atoms with Gasteiger partial charge in [0.05, 0.1) is 6.54 Å². The molecule has 0 saturated heterocycles. The molecule has 3 nitrogen and oxygen atoms in total. The van der Waals surface area contributed by atoms with E-state index in [0.717, 1.165) is 12.0 Å². The van der Waals surface area contributed by atoms with Gasteiger partial charge in [0.1, 0.15) is 4.88 Å². The van der Waals surface area contributed by atoms with Gasteiger partial charge in [-0.05, 0) is 40.3 Å². The third kappa shape index (κ3) is 3.93. The zero-order valence-corrected chi connectivity index (χ0v) is 11.9. The predicted octanol–water partition coefficient (Wildman–Crippen LogP) is 2.09. The molecule has 1 amide bonds. The lowest BCUT2D eigenvalue weighted by Crippen LogP contribution is -2.25. The maximum absolute atomic E-state index is 12.0. The summed E-state index contributed by atoms with van der Waals surface area (Å²) in [5.41, 5.74) is 7.34. The largest absolute Gasteiger partial charge is 0.351 e. The van der Waals surface area contributed by atoms with Crippen molar-refractivity contribution < 1.29 is 4.79 Å². The molecule has 0 fully saturated rings. The summed E-state index contributed by atoms with van der Waals surface area (Å²) < 4.78 is 0. The van der Waals surface area contributed by atoms with Gasteiger partial charge in [-0.2, -0.15) is 11.3 Å². The minimum Gasteiger partial charge on any atom is -0.351 e. The maximum atomic E-state index is 12.0. The van der Waals surface area contributed by atoms with Crippen LogP contribution in [-0.2, 0) is 6.42 Å². The van der Waals surface area contributed by atoms with E-state index in [1.54, 1.807) is 11.3 Å². The Bertz CT molecular complexity index is 590. The van der Waals surface area contributed by atoms with Gasteiger partial charge in [0.2, 0.25) is 0 Å². The van der Waals surface area contributed by atoms with Crippen LogP contribution < -0.4 is 11.1 Å². The number of carbonyl (C=O) groups excluding carboxylic acids is 1. The van der Waals surface area contributed by atoms with Gasteiger partial charge in [-0.3, -0.25) is 4.79 Å². The zero-order chi connectivity index (χ0) is 13.5. The average molecular weight is 290 g/mol. The highest BCUT2D eigenvalue weighted by Crippen LogP contribution is 2.15. The van der Waals surface area contributed by atoms with Gasteiger partial charge in [0.25, 0.3) is 5.91 Å². The van der Waals surface area contributed by atoms with Gasteiger partial charge >= 0.3 is 0 Å². The van der Waals surface area contributed by atoms with E-state index in [-0.39, 0.29) is 5.91 Å². The molecule has 2 rings (SSSR count). The van der Waals surface area contributed by atoms with Crippen LogP contribution in [0.25, 0.3) is 0 Å². The summed E-state index contributed by atoms with van der Waals surface area (Å²) in [6.45, 7) is 0.937. The fourth-order valence-electron chi connectivity index (χ4n) is 1.57. The van der Waals surface area contributed by atoms with Gasteiger partial charge in [-0.25, -0.2) is 0 Å². The lowest BCUT2D eigenvalue weighted by Gasteiger charge is -2.03. The van der Waals surface area contributed by atoms with Gasteiger partial charge < -0.3 is 11.1 Å². The first-order valence-electron chi connectivity index (χ1n) is 5.87. The first kappa shape index (κ1) is 13.8. The third-order valence-electron chi connectivity index (χ3n) is 2.48. The van der Waals surface area contributed by atoms with Crippen molar-refractivity contribution in [2.24, 2.45) is 5.73 Å². The Morgan fingerprint density at radius 2 is 2.26 bits per heavy atom. The van der Waals surface area contributed by atoms with Crippen LogP contribution in [0.15, 0.2) is 28.3 Å².